The summed E-state index contributed by atoms with van der Waals surface area (Å²) >= 11 is 5.57. The summed E-state index contributed by atoms with van der Waals surface area (Å²) < 4.78 is 10.6. The second-order valence-corrected chi connectivity index (χ2v) is 3.92. The fraction of sp³-hybridized carbons (Fsp3) is 0.333. The van der Waals surface area contributed by atoms with Crippen LogP contribution in [-0.4, -0.2) is 16.7 Å². The quantitative estimate of drug-likeness (QED) is 0.768. The van der Waals surface area contributed by atoms with Crippen LogP contribution in [0.15, 0.2) is 28.8 Å². The van der Waals surface area contributed by atoms with E-state index in [2.05, 4.69) is 10.1 Å². The van der Waals surface area contributed by atoms with Crippen LogP contribution in [-0.2, 0) is 12.3 Å². The number of nitrogens with zero attached hydrogens (tertiary/aromatic N) is 2. The van der Waals surface area contributed by atoms with Crippen molar-refractivity contribution >= 4 is 11.6 Å². The average molecular weight is 253 g/mol. The molecule has 0 aliphatic heterocycles. The van der Waals surface area contributed by atoms with Gasteiger partial charge in [0.2, 0.25) is 5.89 Å². The smallest absolute Gasteiger partial charge is 0.230 e. The molecular weight excluding hydrogens is 240 g/mol. The molecule has 0 unspecified atom stereocenters. The van der Waals surface area contributed by atoms with Crippen LogP contribution in [0, 0.1) is 6.92 Å². The van der Waals surface area contributed by atoms with E-state index in [-0.39, 0.29) is 5.88 Å². The third kappa shape index (κ3) is 3.46. The largest absolute Gasteiger partial charge is 0.493 e. The van der Waals surface area contributed by atoms with Crippen molar-refractivity contribution in [3.8, 4) is 5.75 Å². The van der Waals surface area contributed by atoms with E-state index in [4.69, 9.17) is 20.9 Å². The van der Waals surface area contributed by atoms with Crippen LogP contribution >= 0.6 is 11.6 Å². The van der Waals surface area contributed by atoms with Gasteiger partial charge in [0, 0.05) is 0 Å². The molecule has 0 aliphatic carbocycles. The van der Waals surface area contributed by atoms with Crippen LogP contribution < -0.4 is 4.74 Å². The molecular formula is C12H13ClN2O2. The first-order valence-electron chi connectivity index (χ1n) is 5.35. The lowest BCUT2D eigenvalue weighted by molar-refractivity contribution is 0.292. The van der Waals surface area contributed by atoms with Crippen molar-refractivity contribution < 1.29 is 9.26 Å². The van der Waals surface area contributed by atoms with Crippen LogP contribution in [0.1, 0.15) is 17.3 Å². The fourth-order valence-electron chi connectivity index (χ4n) is 1.41. The van der Waals surface area contributed by atoms with Crippen molar-refractivity contribution in [3.05, 3.63) is 41.5 Å². The van der Waals surface area contributed by atoms with Crippen LogP contribution in [0.4, 0.5) is 0 Å². The number of halogens is 1. The van der Waals surface area contributed by atoms with E-state index in [9.17, 15) is 0 Å². The summed E-state index contributed by atoms with van der Waals surface area (Å²) in [5.41, 5.74) is 1.17. The molecule has 0 aliphatic rings. The molecule has 0 radical (unpaired) electrons. The summed E-state index contributed by atoms with van der Waals surface area (Å²) in [6, 6.07) is 7.89. The molecule has 90 valence electrons. The molecule has 17 heavy (non-hydrogen) atoms. The van der Waals surface area contributed by atoms with Gasteiger partial charge in [0.05, 0.1) is 18.9 Å². The van der Waals surface area contributed by atoms with Gasteiger partial charge in [-0.3, -0.25) is 0 Å². The van der Waals surface area contributed by atoms with E-state index in [1.165, 1.54) is 5.56 Å². The van der Waals surface area contributed by atoms with E-state index in [1.807, 2.05) is 31.2 Å². The van der Waals surface area contributed by atoms with Gasteiger partial charge in [-0.05, 0) is 24.6 Å². The summed E-state index contributed by atoms with van der Waals surface area (Å²) in [7, 11) is 0. The molecule has 0 atom stereocenters. The Morgan fingerprint density at radius 1 is 1.41 bits per heavy atom. The summed E-state index contributed by atoms with van der Waals surface area (Å²) in [5, 5.41) is 3.70. The van der Waals surface area contributed by atoms with E-state index >= 15 is 0 Å². The molecule has 1 heterocycles. The van der Waals surface area contributed by atoms with Gasteiger partial charge in [-0.1, -0.05) is 17.3 Å². The Labute approximate surface area is 105 Å². The second-order valence-electron chi connectivity index (χ2n) is 3.65. The van der Waals surface area contributed by atoms with Gasteiger partial charge in [-0.25, -0.2) is 0 Å². The van der Waals surface area contributed by atoms with Crippen molar-refractivity contribution in [1.82, 2.24) is 10.1 Å². The first-order chi connectivity index (χ1) is 8.28. The highest BCUT2D eigenvalue weighted by Gasteiger charge is 2.05. The zero-order valence-corrected chi connectivity index (χ0v) is 10.3. The standard InChI is InChI=1S/C12H13ClN2O2/c1-9-3-2-4-10(7-9)16-6-5-12-14-11(8-13)15-17-12/h2-4,7H,5-6,8H2,1H3. The highest BCUT2D eigenvalue weighted by atomic mass is 35.5. The molecule has 1 aromatic heterocycles. The SMILES string of the molecule is Cc1cccc(OCCc2nc(CCl)no2)c1. The molecule has 0 saturated heterocycles. The predicted octanol–water partition coefficient (Wildman–Crippen LogP) is 2.74. The molecule has 0 bridgehead atoms. The summed E-state index contributed by atoms with van der Waals surface area (Å²) in [5.74, 6) is 2.18. The molecule has 2 aromatic rings. The minimum Gasteiger partial charge on any atom is -0.493 e. The molecule has 4 nitrogen and oxygen atoms in total. The zero-order valence-electron chi connectivity index (χ0n) is 9.52. The fourth-order valence-corrected chi connectivity index (χ4v) is 1.52. The Hall–Kier alpha value is -1.55. The Bertz CT molecular complexity index is 485. The number of ether oxygens (including phenoxy) is 1. The minimum absolute atomic E-state index is 0.266. The number of hydrogen-bond acceptors (Lipinski definition) is 4. The van der Waals surface area contributed by atoms with E-state index < -0.39 is 0 Å². The van der Waals surface area contributed by atoms with Gasteiger partial charge in [-0.2, -0.15) is 4.98 Å². The van der Waals surface area contributed by atoms with Crippen LogP contribution in [0.3, 0.4) is 0 Å². The lowest BCUT2D eigenvalue weighted by Crippen LogP contribution is -2.01. The van der Waals surface area contributed by atoms with Crippen molar-refractivity contribution in [2.24, 2.45) is 0 Å². The molecule has 0 fully saturated rings. The monoisotopic (exact) mass is 252 g/mol. The number of aryl methyl sites for hydroxylation is 1. The minimum atomic E-state index is 0.266. The van der Waals surface area contributed by atoms with Gasteiger partial charge in [0.15, 0.2) is 5.82 Å². The van der Waals surface area contributed by atoms with E-state index in [0.717, 1.165) is 5.75 Å². The average Bonchev–Trinajstić information content (AvgIpc) is 2.77. The van der Waals surface area contributed by atoms with Gasteiger partial charge >= 0.3 is 0 Å². The normalized spacial score (nSPS) is 10.5. The maximum Gasteiger partial charge on any atom is 0.230 e. The zero-order chi connectivity index (χ0) is 12.1. The van der Waals surface area contributed by atoms with Gasteiger partial charge in [0.25, 0.3) is 0 Å². The van der Waals surface area contributed by atoms with Gasteiger partial charge in [0.1, 0.15) is 5.75 Å². The number of benzene rings is 1. The van der Waals surface area contributed by atoms with Crippen LogP contribution in [0.5, 0.6) is 5.75 Å². The van der Waals surface area contributed by atoms with Crippen molar-refractivity contribution in [3.63, 3.8) is 0 Å². The molecule has 0 amide bonds. The summed E-state index contributed by atoms with van der Waals surface area (Å²) in [6.45, 7) is 2.53. The van der Waals surface area contributed by atoms with Crippen LogP contribution in [0.25, 0.3) is 0 Å². The number of alkyl halides is 1. The van der Waals surface area contributed by atoms with Gasteiger partial charge < -0.3 is 9.26 Å². The van der Waals surface area contributed by atoms with Crippen LogP contribution in [0.2, 0.25) is 0 Å². The Morgan fingerprint density at radius 2 is 2.29 bits per heavy atom. The Morgan fingerprint density at radius 3 is 3.00 bits per heavy atom. The first kappa shape index (κ1) is 11.9. The maximum atomic E-state index is 5.57. The first-order valence-corrected chi connectivity index (χ1v) is 5.88. The van der Waals surface area contributed by atoms with Gasteiger partial charge in [-0.15, -0.1) is 11.6 Å². The van der Waals surface area contributed by atoms with Crippen molar-refractivity contribution in [1.29, 1.82) is 0 Å². The highest BCUT2D eigenvalue weighted by molar-refractivity contribution is 6.16. The Kier molecular flexibility index (Phi) is 3.98. The lowest BCUT2D eigenvalue weighted by atomic mass is 10.2. The third-order valence-electron chi connectivity index (χ3n) is 2.20. The number of hydrogen-bond donors (Lipinski definition) is 0. The maximum absolute atomic E-state index is 5.57. The topological polar surface area (TPSA) is 48.2 Å². The third-order valence-corrected chi connectivity index (χ3v) is 2.44. The van der Waals surface area contributed by atoms with Crippen molar-refractivity contribution in [2.45, 2.75) is 19.2 Å². The summed E-state index contributed by atoms with van der Waals surface area (Å²) in [4.78, 5) is 4.09. The second kappa shape index (κ2) is 5.68. The van der Waals surface area contributed by atoms with E-state index in [0.29, 0.717) is 24.7 Å². The van der Waals surface area contributed by atoms with E-state index in [1.54, 1.807) is 0 Å². The molecule has 5 heteroatoms. The highest BCUT2D eigenvalue weighted by Crippen LogP contribution is 2.12. The molecule has 2 rings (SSSR count). The molecule has 1 aromatic carbocycles. The number of aromatic nitrogens is 2. The van der Waals surface area contributed by atoms with Crippen molar-refractivity contribution in [2.75, 3.05) is 6.61 Å². The lowest BCUT2D eigenvalue weighted by Gasteiger charge is -2.04. The predicted molar refractivity (Wildman–Crippen MR) is 64.2 cm³/mol. The Balaban J connectivity index is 1.83. The molecule has 0 spiro atoms. The summed E-state index contributed by atoms with van der Waals surface area (Å²) in [6.07, 6.45) is 0.581. The molecule has 0 N–H and O–H groups in total. The molecule has 0 saturated carbocycles. The number of rotatable bonds is 5.